The van der Waals surface area contributed by atoms with Crippen LogP contribution < -0.4 is 5.32 Å². The van der Waals surface area contributed by atoms with Gasteiger partial charge in [-0.1, -0.05) is 34.1 Å². The molecule has 1 fully saturated rings. The monoisotopic (exact) mass is 187 g/mol. The number of hydrogen-bond donors (Lipinski definition) is 1. The van der Waals surface area contributed by atoms with Gasteiger partial charge in [0.05, 0.1) is 5.54 Å². The van der Waals surface area contributed by atoms with Crippen LogP contribution in [0.1, 0.15) is 53.9 Å². The summed E-state index contributed by atoms with van der Waals surface area (Å²) in [6.07, 6.45) is 3.30. The Kier molecular flexibility index (Phi) is 9.58. The van der Waals surface area contributed by atoms with Crippen LogP contribution in [0.3, 0.4) is 0 Å². The van der Waals surface area contributed by atoms with Crippen LogP contribution in [-0.2, 0) is 4.79 Å². The van der Waals surface area contributed by atoms with Gasteiger partial charge in [-0.25, -0.2) is 0 Å². The quantitative estimate of drug-likeness (QED) is 0.720. The van der Waals surface area contributed by atoms with Crippen molar-refractivity contribution in [2.24, 2.45) is 0 Å². The van der Waals surface area contributed by atoms with Crippen LogP contribution in [0.15, 0.2) is 0 Å². The maximum Gasteiger partial charge on any atom is 0.149 e. The molecule has 0 aromatic carbocycles. The summed E-state index contributed by atoms with van der Waals surface area (Å²) in [6.45, 7) is 9.89. The van der Waals surface area contributed by atoms with Gasteiger partial charge < -0.3 is 5.32 Å². The molecule has 0 aliphatic heterocycles. The number of Topliss-reactive ketones (excluding diaryl/α,β-unsaturated/α-hetero) is 1. The maximum atomic E-state index is 10.7. The lowest BCUT2D eigenvalue weighted by atomic mass is 10.2. The fourth-order valence-corrected chi connectivity index (χ4v) is 0.903. The lowest BCUT2D eigenvalue weighted by Crippen LogP contribution is -2.34. The van der Waals surface area contributed by atoms with E-state index in [9.17, 15) is 4.79 Å². The Labute approximate surface area is 83.1 Å². The van der Waals surface area contributed by atoms with Crippen LogP contribution in [-0.4, -0.2) is 18.4 Å². The molecular weight excluding hydrogens is 162 g/mol. The molecule has 13 heavy (non-hydrogen) atoms. The first kappa shape index (κ1) is 15.1. The number of carbonyl (C=O) groups is 1. The van der Waals surface area contributed by atoms with E-state index in [1.54, 1.807) is 6.92 Å². The van der Waals surface area contributed by atoms with Crippen molar-refractivity contribution in [1.29, 1.82) is 0 Å². The van der Waals surface area contributed by atoms with Gasteiger partial charge in [0.25, 0.3) is 0 Å². The minimum Gasteiger partial charge on any atom is -0.308 e. The van der Waals surface area contributed by atoms with Crippen molar-refractivity contribution in [3.8, 4) is 0 Å². The third-order valence-corrected chi connectivity index (χ3v) is 1.90. The van der Waals surface area contributed by atoms with Crippen molar-refractivity contribution in [1.82, 2.24) is 5.32 Å². The highest BCUT2D eigenvalue weighted by atomic mass is 16.1. The highest BCUT2D eigenvalue weighted by Crippen LogP contribution is 2.35. The summed E-state index contributed by atoms with van der Waals surface area (Å²) in [5.74, 6) is 0.278. The first-order chi connectivity index (χ1) is 6.13. The van der Waals surface area contributed by atoms with Crippen molar-refractivity contribution in [2.75, 3.05) is 7.05 Å². The van der Waals surface area contributed by atoms with Crippen LogP contribution >= 0.6 is 0 Å². The average Bonchev–Trinajstić information content (AvgIpc) is 2.89. The number of hydrogen-bond acceptors (Lipinski definition) is 2. The van der Waals surface area contributed by atoms with Gasteiger partial charge in [0.15, 0.2) is 0 Å². The molecule has 1 rings (SSSR count). The molecule has 1 N–H and O–H groups in total. The van der Waals surface area contributed by atoms with E-state index in [1.165, 1.54) is 6.42 Å². The van der Waals surface area contributed by atoms with Gasteiger partial charge in [0.2, 0.25) is 0 Å². The third kappa shape index (κ3) is 5.81. The molecule has 0 amide bonds. The first-order valence-electron chi connectivity index (χ1n) is 5.33. The topological polar surface area (TPSA) is 29.1 Å². The third-order valence-electron chi connectivity index (χ3n) is 1.90. The lowest BCUT2D eigenvalue weighted by molar-refractivity contribution is -0.119. The zero-order valence-electron chi connectivity index (χ0n) is 10.0. The normalized spacial score (nSPS) is 15.8. The molecule has 1 aliphatic rings. The van der Waals surface area contributed by atoms with E-state index < -0.39 is 0 Å². The first-order valence-corrected chi connectivity index (χ1v) is 5.33. The summed E-state index contributed by atoms with van der Waals surface area (Å²) in [6, 6.07) is 0. The maximum absolute atomic E-state index is 10.7. The predicted octanol–water partition coefficient (Wildman–Crippen LogP) is 2.77. The van der Waals surface area contributed by atoms with Gasteiger partial charge in [-0.15, -0.1) is 0 Å². The lowest BCUT2D eigenvalue weighted by Gasteiger charge is -2.06. The summed E-state index contributed by atoms with van der Waals surface area (Å²) < 4.78 is 0. The molecule has 2 heteroatoms. The van der Waals surface area contributed by atoms with E-state index >= 15 is 0 Å². The van der Waals surface area contributed by atoms with Crippen LogP contribution in [0.4, 0.5) is 0 Å². The van der Waals surface area contributed by atoms with Crippen molar-refractivity contribution < 1.29 is 4.79 Å². The van der Waals surface area contributed by atoms with Gasteiger partial charge in [-0.3, -0.25) is 4.79 Å². The summed E-state index contributed by atoms with van der Waals surface area (Å²) in [5.41, 5.74) is -0.0972. The standard InChI is InChI=1S/C6H11NO.C3H8.C2H6/c1-5(8)6(7-2)3-4-6;1-3-2;1-2/h7H,3-4H2,1-2H3;3H2,1-2H3;1-2H3. The van der Waals surface area contributed by atoms with Crippen LogP contribution in [0.2, 0.25) is 0 Å². The summed E-state index contributed by atoms with van der Waals surface area (Å²) in [5, 5.41) is 3.00. The molecule has 1 aliphatic carbocycles. The molecule has 0 aromatic heterocycles. The second kappa shape index (κ2) is 8.24. The highest BCUT2D eigenvalue weighted by Gasteiger charge is 2.45. The number of nitrogens with one attached hydrogen (secondary N) is 1. The molecule has 2 nitrogen and oxygen atoms in total. The predicted molar refractivity (Wildman–Crippen MR) is 59.0 cm³/mol. The SMILES string of the molecule is CC.CCC.CNC1(C(C)=O)CC1. The van der Waals surface area contributed by atoms with Crippen LogP contribution in [0.25, 0.3) is 0 Å². The Bertz CT molecular complexity index is 128. The largest absolute Gasteiger partial charge is 0.308 e. The Morgan fingerprint density at radius 3 is 1.62 bits per heavy atom. The molecule has 0 radical (unpaired) electrons. The van der Waals surface area contributed by atoms with E-state index in [1.807, 2.05) is 20.9 Å². The molecule has 0 bridgehead atoms. The average molecular weight is 187 g/mol. The Balaban J connectivity index is 0. The molecule has 1 saturated carbocycles. The van der Waals surface area contributed by atoms with Crippen molar-refractivity contribution in [3.05, 3.63) is 0 Å². The fourth-order valence-electron chi connectivity index (χ4n) is 0.903. The molecular formula is C11H25NO. The van der Waals surface area contributed by atoms with E-state index in [4.69, 9.17) is 0 Å². The second-order valence-corrected chi connectivity index (χ2v) is 3.10. The van der Waals surface area contributed by atoms with Crippen molar-refractivity contribution in [2.45, 2.75) is 59.4 Å². The molecule has 0 spiro atoms. The Morgan fingerprint density at radius 2 is 1.62 bits per heavy atom. The second-order valence-electron chi connectivity index (χ2n) is 3.10. The number of ketones is 1. The fraction of sp³-hybridized carbons (Fsp3) is 0.909. The molecule has 0 aromatic rings. The van der Waals surface area contributed by atoms with E-state index in [0.717, 1.165) is 12.8 Å². The van der Waals surface area contributed by atoms with Gasteiger partial charge >= 0.3 is 0 Å². The summed E-state index contributed by atoms with van der Waals surface area (Å²) in [7, 11) is 1.84. The molecule has 0 unspecified atom stereocenters. The molecule has 0 heterocycles. The highest BCUT2D eigenvalue weighted by molar-refractivity contribution is 5.89. The number of carbonyl (C=O) groups excluding carboxylic acids is 1. The summed E-state index contributed by atoms with van der Waals surface area (Å²) in [4.78, 5) is 10.7. The van der Waals surface area contributed by atoms with Crippen LogP contribution in [0.5, 0.6) is 0 Å². The zero-order valence-corrected chi connectivity index (χ0v) is 10.0. The van der Waals surface area contributed by atoms with E-state index in [-0.39, 0.29) is 11.3 Å². The van der Waals surface area contributed by atoms with Gasteiger partial charge in [0.1, 0.15) is 5.78 Å². The van der Waals surface area contributed by atoms with Gasteiger partial charge in [-0.2, -0.15) is 0 Å². The van der Waals surface area contributed by atoms with E-state index in [2.05, 4.69) is 19.2 Å². The minimum atomic E-state index is -0.0972. The van der Waals surface area contributed by atoms with E-state index in [0.29, 0.717) is 0 Å². The van der Waals surface area contributed by atoms with Crippen molar-refractivity contribution >= 4 is 5.78 Å². The Morgan fingerprint density at radius 1 is 1.31 bits per heavy atom. The Hall–Kier alpha value is -0.370. The summed E-state index contributed by atoms with van der Waals surface area (Å²) >= 11 is 0. The number of rotatable bonds is 2. The van der Waals surface area contributed by atoms with Crippen molar-refractivity contribution in [3.63, 3.8) is 0 Å². The smallest absolute Gasteiger partial charge is 0.149 e. The van der Waals surface area contributed by atoms with Crippen LogP contribution in [0, 0.1) is 0 Å². The zero-order chi connectivity index (χ0) is 10.9. The van der Waals surface area contributed by atoms with Gasteiger partial charge in [0, 0.05) is 0 Å². The number of likely N-dealkylation sites (N-methyl/N-ethyl adjacent to an activating group) is 1. The molecule has 0 atom stereocenters. The molecule has 80 valence electrons. The molecule has 0 saturated heterocycles. The minimum absolute atomic E-state index is 0.0972. The van der Waals surface area contributed by atoms with Gasteiger partial charge in [-0.05, 0) is 26.8 Å².